The third-order valence-electron chi connectivity index (χ3n) is 3.94. The summed E-state index contributed by atoms with van der Waals surface area (Å²) in [4.78, 5) is 47.6. The number of ether oxygens (including phenoxy) is 1. The van der Waals surface area contributed by atoms with Gasteiger partial charge in [-0.05, 0) is 18.4 Å². The molecular weight excluding hydrogens is 350 g/mol. The number of primary amides is 1. The minimum atomic E-state index is -1.06. The quantitative estimate of drug-likeness (QED) is 0.505. The van der Waals surface area contributed by atoms with Gasteiger partial charge < -0.3 is 21.1 Å². The van der Waals surface area contributed by atoms with Crippen molar-refractivity contribution >= 4 is 23.7 Å². The predicted octanol–water partition coefficient (Wildman–Crippen LogP) is 0.293. The molecule has 8 nitrogen and oxygen atoms in total. The highest BCUT2D eigenvalue weighted by Crippen LogP contribution is 2.11. The zero-order valence-corrected chi connectivity index (χ0v) is 15.9. The number of hydrogen-bond acceptors (Lipinski definition) is 5. The van der Waals surface area contributed by atoms with Crippen molar-refractivity contribution in [2.75, 3.05) is 6.61 Å². The Kier molecular flexibility index (Phi) is 8.98. The van der Waals surface area contributed by atoms with Crippen LogP contribution in [0.2, 0.25) is 0 Å². The molecule has 4 N–H and O–H groups in total. The van der Waals surface area contributed by atoms with Crippen LogP contribution in [-0.2, 0) is 30.3 Å². The van der Waals surface area contributed by atoms with E-state index in [1.54, 1.807) is 13.8 Å². The fourth-order valence-electron chi connectivity index (χ4n) is 2.65. The second-order valence-electron chi connectivity index (χ2n) is 6.32. The summed E-state index contributed by atoms with van der Waals surface area (Å²) in [5, 5.41) is 5.13. The highest BCUT2D eigenvalue weighted by molar-refractivity contribution is 5.91. The van der Waals surface area contributed by atoms with Crippen LogP contribution in [0.25, 0.3) is 0 Å². The van der Waals surface area contributed by atoms with Crippen molar-refractivity contribution in [3.63, 3.8) is 0 Å². The zero-order chi connectivity index (χ0) is 20.4. The second-order valence-corrected chi connectivity index (χ2v) is 6.32. The summed E-state index contributed by atoms with van der Waals surface area (Å²) in [7, 11) is 0. The van der Waals surface area contributed by atoms with Gasteiger partial charge >= 0.3 is 5.97 Å². The first-order chi connectivity index (χ1) is 12.7. The predicted molar refractivity (Wildman–Crippen MR) is 99.3 cm³/mol. The van der Waals surface area contributed by atoms with Gasteiger partial charge in [-0.3, -0.25) is 19.2 Å². The molecule has 0 radical (unpaired) electrons. The number of esters is 1. The number of nitrogens with two attached hydrogens (primary N) is 1. The molecule has 8 heteroatoms. The Morgan fingerprint density at radius 1 is 1.11 bits per heavy atom. The molecule has 0 fully saturated rings. The topological polar surface area (TPSA) is 128 Å². The molecule has 27 heavy (non-hydrogen) atoms. The van der Waals surface area contributed by atoms with Crippen LogP contribution in [0.1, 0.15) is 32.8 Å². The molecule has 0 unspecified atom stereocenters. The summed E-state index contributed by atoms with van der Waals surface area (Å²) in [5.74, 6) is -2.72. The normalized spacial score (nSPS) is 13.7. The number of amides is 3. The average Bonchev–Trinajstić information content (AvgIpc) is 2.59. The van der Waals surface area contributed by atoms with E-state index in [-0.39, 0.29) is 25.4 Å². The molecule has 1 rings (SSSR count). The number of hydrogen-bond donors (Lipinski definition) is 3. The summed E-state index contributed by atoms with van der Waals surface area (Å²) >= 11 is 0. The van der Waals surface area contributed by atoms with E-state index in [1.807, 2.05) is 30.3 Å². The van der Waals surface area contributed by atoms with E-state index >= 15 is 0 Å². The summed E-state index contributed by atoms with van der Waals surface area (Å²) in [6.07, 6.45) is 0.190. The molecule has 0 heterocycles. The minimum absolute atomic E-state index is 0.0643. The van der Waals surface area contributed by atoms with Gasteiger partial charge in [0.05, 0.1) is 13.0 Å². The summed E-state index contributed by atoms with van der Waals surface area (Å²) in [6, 6.07) is 7.22. The Balaban J connectivity index is 2.86. The maximum Gasteiger partial charge on any atom is 0.306 e. The van der Waals surface area contributed by atoms with E-state index in [0.29, 0.717) is 0 Å². The van der Waals surface area contributed by atoms with E-state index in [0.717, 1.165) is 5.56 Å². The maximum absolute atomic E-state index is 12.7. The summed E-state index contributed by atoms with van der Waals surface area (Å²) in [6.45, 7) is 4.83. The number of carbonyl (C=O) groups excluding carboxylic acids is 4. The van der Waals surface area contributed by atoms with Crippen molar-refractivity contribution in [3.8, 4) is 0 Å². The van der Waals surface area contributed by atoms with Crippen LogP contribution < -0.4 is 16.4 Å². The molecule has 0 saturated heterocycles. The third-order valence-corrected chi connectivity index (χ3v) is 3.94. The Morgan fingerprint density at radius 3 is 2.26 bits per heavy atom. The molecule has 148 valence electrons. The second kappa shape index (κ2) is 10.9. The Labute approximate surface area is 158 Å². The lowest BCUT2D eigenvalue weighted by atomic mass is 9.96. The molecule has 3 amide bonds. The molecule has 1 aromatic rings. The van der Waals surface area contributed by atoms with Crippen molar-refractivity contribution in [3.05, 3.63) is 35.9 Å². The highest BCUT2D eigenvalue weighted by atomic mass is 16.5. The van der Waals surface area contributed by atoms with Crippen LogP contribution >= 0.6 is 0 Å². The largest absolute Gasteiger partial charge is 0.466 e. The smallest absolute Gasteiger partial charge is 0.306 e. The van der Waals surface area contributed by atoms with Gasteiger partial charge in [0.2, 0.25) is 17.7 Å². The first-order valence-electron chi connectivity index (χ1n) is 8.80. The van der Waals surface area contributed by atoms with Crippen LogP contribution in [0.4, 0.5) is 0 Å². The Morgan fingerprint density at radius 2 is 1.74 bits per heavy atom. The van der Waals surface area contributed by atoms with Crippen LogP contribution in [-0.4, -0.2) is 42.4 Å². The van der Waals surface area contributed by atoms with Gasteiger partial charge in [0.25, 0.3) is 0 Å². The van der Waals surface area contributed by atoms with Crippen LogP contribution in [0.15, 0.2) is 30.3 Å². The van der Waals surface area contributed by atoms with Crippen LogP contribution in [0, 0.1) is 5.92 Å². The fraction of sp³-hybridized carbons (Fsp3) is 0.474. The van der Waals surface area contributed by atoms with Crippen LogP contribution in [0.3, 0.4) is 0 Å². The highest BCUT2D eigenvalue weighted by Gasteiger charge is 2.30. The monoisotopic (exact) mass is 377 g/mol. The van der Waals surface area contributed by atoms with Gasteiger partial charge in [-0.25, -0.2) is 0 Å². The van der Waals surface area contributed by atoms with Gasteiger partial charge in [-0.2, -0.15) is 0 Å². The van der Waals surface area contributed by atoms with E-state index in [2.05, 4.69) is 10.6 Å². The lowest BCUT2D eigenvalue weighted by Gasteiger charge is -2.25. The molecule has 0 aliphatic heterocycles. The molecule has 0 aliphatic rings. The molecule has 0 aromatic heterocycles. The van der Waals surface area contributed by atoms with Gasteiger partial charge in [-0.1, -0.05) is 37.3 Å². The van der Waals surface area contributed by atoms with Crippen molar-refractivity contribution in [1.82, 2.24) is 10.6 Å². The SMILES string of the molecule is CCOC(=O)C[C@H](C)[C@H](NC(=O)[C@H](Cc1ccccc1)NC(C)=O)C(N)=O. The lowest BCUT2D eigenvalue weighted by molar-refractivity contribution is -0.145. The number of nitrogens with one attached hydrogen (secondary N) is 2. The number of carbonyl (C=O) groups is 4. The minimum Gasteiger partial charge on any atom is -0.466 e. The number of rotatable bonds is 10. The van der Waals surface area contributed by atoms with Gasteiger partial charge in [-0.15, -0.1) is 0 Å². The molecule has 1 aromatic carbocycles. The molecule has 0 saturated carbocycles. The standard InChI is InChI=1S/C19H27N3O5/c1-4-27-16(24)10-12(2)17(18(20)25)22-19(26)15(21-13(3)23)11-14-8-6-5-7-9-14/h5-9,12,15,17H,4,10-11H2,1-3H3,(H2,20,25)(H,21,23)(H,22,26)/t12-,15-,17-/m0/s1. The van der Waals surface area contributed by atoms with Crippen LogP contribution in [0.5, 0.6) is 0 Å². The molecule has 0 bridgehead atoms. The lowest BCUT2D eigenvalue weighted by Crippen LogP contribution is -2.55. The third kappa shape index (κ3) is 7.89. The van der Waals surface area contributed by atoms with E-state index in [1.165, 1.54) is 6.92 Å². The average molecular weight is 377 g/mol. The van der Waals surface area contributed by atoms with Gasteiger partial charge in [0.1, 0.15) is 12.1 Å². The van der Waals surface area contributed by atoms with Crippen molar-refractivity contribution in [2.24, 2.45) is 11.7 Å². The maximum atomic E-state index is 12.7. The number of benzene rings is 1. The summed E-state index contributed by atoms with van der Waals surface area (Å²) < 4.78 is 4.87. The Hall–Kier alpha value is -2.90. The Bertz CT molecular complexity index is 663. The van der Waals surface area contributed by atoms with Gasteiger partial charge in [0, 0.05) is 13.3 Å². The molecular formula is C19H27N3O5. The molecule has 0 aliphatic carbocycles. The first kappa shape index (κ1) is 22.1. The van der Waals surface area contributed by atoms with Gasteiger partial charge in [0.15, 0.2) is 0 Å². The fourth-order valence-corrected chi connectivity index (χ4v) is 2.65. The van der Waals surface area contributed by atoms with Crippen molar-refractivity contribution < 1.29 is 23.9 Å². The van der Waals surface area contributed by atoms with E-state index in [4.69, 9.17) is 10.5 Å². The summed E-state index contributed by atoms with van der Waals surface area (Å²) in [5.41, 5.74) is 6.25. The first-order valence-corrected chi connectivity index (χ1v) is 8.80. The van der Waals surface area contributed by atoms with Crippen molar-refractivity contribution in [1.29, 1.82) is 0 Å². The van der Waals surface area contributed by atoms with E-state index < -0.39 is 35.8 Å². The molecule has 3 atom stereocenters. The molecule has 0 spiro atoms. The zero-order valence-electron chi connectivity index (χ0n) is 15.9. The van der Waals surface area contributed by atoms with Crippen molar-refractivity contribution in [2.45, 2.75) is 45.7 Å². The van der Waals surface area contributed by atoms with E-state index in [9.17, 15) is 19.2 Å².